The molecule has 0 amide bonds. The van der Waals surface area contributed by atoms with E-state index in [1.165, 1.54) is 5.56 Å². The van der Waals surface area contributed by atoms with Gasteiger partial charge in [0.25, 0.3) is 7.94 Å². The van der Waals surface area contributed by atoms with Crippen molar-refractivity contribution in [1.82, 2.24) is 0 Å². The molecule has 0 spiro atoms. The molecule has 0 saturated heterocycles. The Balaban J connectivity index is 2.20. The highest BCUT2D eigenvalue weighted by molar-refractivity contribution is 7.63. The summed E-state index contributed by atoms with van der Waals surface area (Å²) in [7, 11) is -2.97. The van der Waals surface area contributed by atoms with Crippen molar-refractivity contribution in [2.45, 2.75) is 13.8 Å². The molecule has 1 atom stereocenters. The molecule has 3 nitrogen and oxygen atoms in total. The fourth-order valence-corrected chi connectivity index (χ4v) is 3.11. The van der Waals surface area contributed by atoms with E-state index in [0.717, 1.165) is 11.1 Å². The summed E-state index contributed by atoms with van der Waals surface area (Å²) in [5.74, 6) is 1.63. The molecule has 1 aromatic carbocycles. The predicted molar refractivity (Wildman–Crippen MR) is 63.7 cm³/mol. The maximum atomic E-state index is 11.9. The molecule has 1 unspecified atom stereocenters. The van der Waals surface area contributed by atoms with Gasteiger partial charge < -0.3 is 4.89 Å². The van der Waals surface area contributed by atoms with E-state index in [9.17, 15) is 4.89 Å². The zero-order valence-electron chi connectivity index (χ0n) is 9.47. The Morgan fingerprint density at radius 2 is 2.06 bits per heavy atom. The zero-order chi connectivity index (χ0) is 11.6. The molecule has 16 heavy (non-hydrogen) atoms. The lowest BCUT2D eigenvalue weighted by Gasteiger charge is -2.17. The van der Waals surface area contributed by atoms with E-state index in [0.29, 0.717) is 13.2 Å². The molecule has 1 heterocycles. The smallest absolute Gasteiger partial charge is 0.264 e. The first kappa shape index (κ1) is 11.7. The van der Waals surface area contributed by atoms with Crippen LogP contribution in [0.3, 0.4) is 0 Å². The molecular formula is C12H15O3P. The van der Waals surface area contributed by atoms with E-state index in [1.54, 1.807) is 12.7 Å². The van der Waals surface area contributed by atoms with Crippen molar-refractivity contribution in [2.24, 2.45) is 0 Å². The van der Waals surface area contributed by atoms with Gasteiger partial charge in [-0.3, -0.25) is 0 Å². The molecule has 0 radical (unpaired) electrons. The molecule has 0 aliphatic carbocycles. The third-order valence-electron chi connectivity index (χ3n) is 2.45. The summed E-state index contributed by atoms with van der Waals surface area (Å²) < 4.78 is 10.3. The second-order valence-electron chi connectivity index (χ2n) is 3.75. The van der Waals surface area contributed by atoms with Crippen LogP contribution in [-0.4, -0.2) is 13.2 Å². The van der Waals surface area contributed by atoms with Crippen molar-refractivity contribution in [1.29, 1.82) is 0 Å². The Labute approximate surface area is 96.3 Å². The Morgan fingerprint density at radius 3 is 2.69 bits per heavy atom. The average molecular weight is 238 g/mol. The van der Waals surface area contributed by atoms with Crippen molar-refractivity contribution in [2.75, 3.05) is 13.2 Å². The maximum Gasteiger partial charge on any atom is 0.264 e. The van der Waals surface area contributed by atoms with Crippen LogP contribution in [0.1, 0.15) is 18.1 Å². The third-order valence-corrected chi connectivity index (χ3v) is 4.18. The van der Waals surface area contributed by atoms with Crippen LogP contribution in [-0.2, 0) is 9.05 Å². The SMILES string of the molecule is CCO[P+]1([O-])C=C(c2ccc(C)cc2)CO1. The van der Waals surface area contributed by atoms with Gasteiger partial charge in [0.2, 0.25) is 0 Å². The summed E-state index contributed by atoms with van der Waals surface area (Å²) in [6.07, 6.45) is 0. The average Bonchev–Trinajstić information content (AvgIpc) is 2.62. The van der Waals surface area contributed by atoms with E-state index in [4.69, 9.17) is 9.05 Å². The topological polar surface area (TPSA) is 41.5 Å². The van der Waals surface area contributed by atoms with E-state index >= 15 is 0 Å². The Hall–Kier alpha value is -0.730. The Kier molecular flexibility index (Phi) is 3.41. The van der Waals surface area contributed by atoms with Gasteiger partial charge in [0.05, 0.1) is 6.61 Å². The van der Waals surface area contributed by atoms with Crippen LogP contribution in [0.2, 0.25) is 0 Å². The molecule has 0 aromatic heterocycles. The van der Waals surface area contributed by atoms with Gasteiger partial charge in [-0.2, -0.15) is 0 Å². The summed E-state index contributed by atoms with van der Waals surface area (Å²) in [5.41, 5.74) is 3.19. The lowest BCUT2D eigenvalue weighted by Crippen LogP contribution is -2.10. The second-order valence-corrected chi connectivity index (χ2v) is 5.61. The maximum absolute atomic E-state index is 11.9. The molecule has 1 aliphatic heterocycles. The zero-order valence-corrected chi connectivity index (χ0v) is 10.4. The minimum absolute atomic E-state index is 0.361. The van der Waals surface area contributed by atoms with Crippen molar-refractivity contribution in [3.05, 3.63) is 41.2 Å². The summed E-state index contributed by atoms with van der Waals surface area (Å²) >= 11 is 0. The van der Waals surface area contributed by atoms with Crippen LogP contribution in [0.5, 0.6) is 0 Å². The molecule has 0 bridgehead atoms. The standard InChI is InChI=1S/C12H15O3P/c1-3-14-16(13)9-12(8-15-16)11-6-4-10(2)5-7-11/h4-7,9H,3,8H2,1-2H3. The van der Waals surface area contributed by atoms with Gasteiger partial charge in [0.15, 0.2) is 0 Å². The fraction of sp³-hybridized carbons (Fsp3) is 0.333. The number of hydrogen-bond donors (Lipinski definition) is 0. The van der Waals surface area contributed by atoms with Crippen molar-refractivity contribution >= 4 is 13.5 Å². The number of benzene rings is 1. The summed E-state index contributed by atoms with van der Waals surface area (Å²) in [6.45, 7) is 4.60. The molecule has 1 aliphatic rings. The summed E-state index contributed by atoms with van der Waals surface area (Å²) in [6, 6.07) is 8.07. The van der Waals surface area contributed by atoms with Gasteiger partial charge in [-0.15, -0.1) is 0 Å². The first-order chi connectivity index (χ1) is 7.63. The van der Waals surface area contributed by atoms with Gasteiger partial charge >= 0.3 is 0 Å². The van der Waals surface area contributed by atoms with Crippen LogP contribution < -0.4 is 4.89 Å². The Bertz CT molecular complexity index is 399. The lowest BCUT2D eigenvalue weighted by molar-refractivity contribution is -0.211. The van der Waals surface area contributed by atoms with Crippen LogP contribution in [0, 0.1) is 6.92 Å². The quantitative estimate of drug-likeness (QED) is 0.760. The largest absolute Gasteiger partial charge is 0.628 e. The number of rotatable bonds is 3. The van der Waals surface area contributed by atoms with Crippen molar-refractivity contribution in [3.8, 4) is 0 Å². The Morgan fingerprint density at radius 1 is 1.38 bits per heavy atom. The normalized spacial score (nSPS) is 24.6. The molecule has 4 heteroatoms. The van der Waals surface area contributed by atoms with Gasteiger partial charge in [-0.1, -0.05) is 29.8 Å². The third kappa shape index (κ3) is 2.50. The van der Waals surface area contributed by atoms with Crippen LogP contribution in [0.15, 0.2) is 30.1 Å². The highest BCUT2D eigenvalue weighted by Crippen LogP contribution is 2.60. The molecule has 0 saturated carbocycles. The van der Waals surface area contributed by atoms with Gasteiger partial charge in [0, 0.05) is 5.57 Å². The van der Waals surface area contributed by atoms with E-state index in [-0.39, 0.29) is 0 Å². The van der Waals surface area contributed by atoms with Gasteiger partial charge in [-0.25, -0.2) is 9.05 Å². The lowest BCUT2D eigenvalue weighted by atomic mass is 10.1. The number of hydrogen-bond acceptors (Lipinski definition) is 3. The van der Waals surface area contributed by atoms with Gasteiger partial charge in [0.1, 0.15) is 12.4 Å². The molecule has 0 fully saturated rings. The molecular weight excluding hydrogens is 223 g/mol. The first-order valence-electron chi connectivity index (χ1n) is 5.30. The van der Waals surface area contributed by atoms with Crippen molar-refractivity contribution < 1.29 is 13.9 Å². The van der Waals surface area contributed by atoms with Crippen LogP contribution in [0.25, 0.3) is 5.57 Å². The van der Waals surface area contributed by atoms with Gasteiger partial charge in [-0.05, 0) is 19.4 Å². The molecule has 1 aromatic rings. The first-order valence-corrected chi connectivity index (χ1v) is 6.92. The summed E-state index contributed by atoms with van der Waals surface area (Å²) in [5, 5.41) is 0. The number of aryl methyl sites for hydroxylation is 1. The second kappa shape index (κ2) is 4.64. The highest BCUT2D eigenvalue weighted by atomic mass is 31.2. The summed E-state index contributed by atoms with van der Waals surface area (Å²) in [4.78, 5) is 11.9. The molecule has 0 N–H and O–H groups in total. The van der Waals surface area contributed by atoms with E-state index in [1.807, 2.05) is 31.2 Å². The van der Waals surface area contributed by atoms with Crippen molar-refractivity contribution in [3.63, 3.8) is 0 Å². The van der Waals surface area contributed by atoms with E-state index < -0.39 is 7.94 Å². The van der Waals surface area contributed by atoms with E-state index in [2.05, 4.69) is 0 Å². The highest BCUT2D eigenvalue weighted by Gasteiger charge is 2.34. The molecule has 86 valence electrons. The predicted octanol–water partition coefficient (Wildman–Crippen LogP) is 2.53. The minimum Gasteiger partial charge on any atom is -0.628 e. The van der Waals surface area contributed by atoms with Crippen LogP contribution >= 0.6 is 7.94 Å². The minimum atomic E-state index is -2.97. The fourth-order valence-electron chi connectivity index (χ4n) is 1.60. The van der Waals surface area contributed by atoms with Crippen LogP contribution in [0.4, 0.5) is 0 Å². The molecule has 2 rings (SSSR count). The monoisotopic (exact) mass is 238 g/mol.